The van der Waals surface area contributed by atoms with Gasteiger partial charge in [-0.05, 0) is 54.2 Å². The predicted octanol–water partition coefficient (Wildman–Crippen LogP) is 4.74. The van der Waals surface area contributed by atoms with E-state index >= 15 is 0 Å². The summed E-state index contributed by atoms with van der Waals surface area (Å²) in [7, 11) is 0. The summed E-state index contributed by atoms with van der Waals surface area (Å²) >= 11 is 3.27. The van der Waals surface area contributed by atoms with Crippen LogP contribution >= 0.6 is 15.9 Å². The highest BCUT2D eigenvalue weighted by molar-refractivity contribution is 9.10. The first kappa shape index (κ1) is 13.8. The average molecular weight is 312 g/mol. The first-order chi connectivity index (χ1) is 8.74. The maximum atomic E-state index is 14.2. The lowest BCUT2D eigenvalue weighted by Crippen LogP contribution is -2.24. The zero-order valence-electron chi connectivity index (χ0n) is 10.7. The fraction of sp³-hybridized carbons (Fsp3) is 0.467. The van der Waals surface area contributed by atoms with Gasteiger partial charge in [0.2, 0.25) is 0 Å². The fourth-order valence-corrected chi connectivity index (χ4v) is 2.81. The molecule has 3 heteroatoms. The van der Waals surface area contributed by atoms with Gasteiger partial charge in [-0.1, -0.05) is 30.7 Å². The number of hydrogen-bond acceptors (Lipinski definition) is 1. The van der Waals surface area contributed by atoms with Gasteiger partial charge in [0, 0.05) is 5.56 Å². The molecule has 0 bridgehead atoms. The molecular formula is C15H19BrFN. The molecule has 98 valence electrons. The quantitative estimate of drug-likeness (QED) is 0.774. The Morgan fingerprint density at radius 2 is 2.28 bits per heavy atom. The summed E-state index contributed by atoms with van der Waals surface area (Å²) < 4.78 is 14.8. The third-order valence-electron chi connectivity index (χ3n) is 3.34. The Bertz CT molecular complexity index is 442. The number of allylic oxidation sites excluding steroid dienone is 1. The molecular weight excluding hydrogens is 293 g/mol. The van der Waals surface area contributed by atoms with E-state index in [4.69, 9.17) is 0 Å². The zero-order chi connectivity index (χ0) is 13.0. The fourth-order valence-electron chi connectivity index (χ4n) is 2.43. The second kappa shape index (κ2) is 6.48. The van der Waals surface area contributed by atoms with Crippen molar-refractivity contribution in [3.63, 3.8) is 0 Å². The Morgan fingerprint density at radius 1 is 1.44 bits per heavy atom. The van der Waals surface area contributed by atoms with Gasteiger partial charge in [0.15, 0.2) is 0 Å². The molecule has 0 aliphatic heterocycles. The minimum atomic E-state index is -0.140. The highest BCUT2D eigenvalue weighted by Gasteiger charge is 2.22. The molecule has 1 N–H and O–H groups in total. The molecule has 0 aromatic heterocycles. The molecule has 1 aromatic carbocycles. The number of rotatable bonds is 5. The van der Waals surface area contributed by atoms with Crippen LogP contribution in [-0.2, 0) is 0 Å². The van der Waals surface area contributed by atoms with Crippen LogP contribution in [0.4, 0.5) is 4.39 Å². The van der Waals surface area contributed by atoms with E-state index in [0.717, 1.165) is 31.4 Å². The Balaban J connectivity index is 2.30. The van der Waals surface area contributed by atoms with Crippen LogP contribution in [0.2, 0.25) is 0 Å². The van der Waals surface area contributed by atoms with Gasteiger partial charge in [-0.15, -0.1) is 0 Å². The molecule has 18 heavy (non-hydrogen) atoms. The van der Waals surface area contributed by atoms with Gasteiger partial charge in [-0.3, -0.25) is 0 Å². The van der Waals surface area contributed by atoms with Crippen molar-refractivity contribution in [3.8, 4) is 0 Å². The van der Waals surface area contributed by atoms with Crippen molar-refractivity contribution in [3.05, 3.63) is 45.7 Å². The molecule has 0 saturated carbocycles. The SMILES string of the molecule is CCCNC(C1=CCCC1)c1cccc(Br)c1F. The van der Waals surface area contributed by atoms with E-state index in [-0.39, 0.29) is 11.9 Å². The highest BCUT2D eigenvalue weighted by Crippen LogP contribution is 2.33. The molecule has 2 rings (SSSR count). The average Bonchev–Trinajstić information content (AvgIpc) is 2.88. The molecule has 1 nitrogen and oxygen atoms in total. The summed E-state index contributed by atoms with van der Waals surface area (Å²) in [5, 5.41) is 3.47. The summed E-state index contributed by atoms with van der Waals surface area (Å²) in [6.45, 7) is 3.04. The second-order valence-corrected chi connectivity index (χ2v) is 5.56. The molecule has 1 aromatic rings. The lowest BCUT2D eigenvalue weighted by molar-refractivity contribution is 0.532. The van der Waals surface area contributed by atoms with Gasteiger partial charge < -0.3 is 5.32 Å². The minimum Gasteiger partial charge on any atom is -0.306 e. The van der Waals surface area contributed by atoms with Crippen LogP contribution in [0, 0.1) is 5.82 Å². The predicted molar refractivity (Wildman–Crippen MR) is 77.1 cm³/mol. The summed E-state index contributed by atoms with van der Waals surface area (Å²) in [5.41, 5.74) is 2.09. The third kappa shape index (κ3) is 3.01. The summed E-state index contributed by atoms with van der Waals surface area (Å²) in [5.74, 6) is -0.140. The van der Waals surface area contributed by atoms with E-state index in [1.807, 2.05) is 12.1 Å². The molecule has 1 unspecified atom stereocenters. The summed E-state index contributed by atoms with van der Waals surface area (Å²) in [6, 6.07) is 5.56. The van der Waals surface area contributed by atoms with E-state index < -0.39 is 0 Å². The van der Waals surface area contributed by atoms with Crippen molar-refractivity contribution in [1.29, 1.82) is 0 Å². The lowest BCUT2D eigenvalue weighted by atomic mass is 9.97. The monoisotopic (exact) mass is 311 g/mol. The van der Waals surface area contributed by atoms with Crippen LogP contribution < -0.4 is 5.32 Å². The van der Waals surface area contributed by atoms with E-state index in [1.165, 1.54) is 12.0 Å². The summed E-state index contributed by atoms with van der Waals surface area (Å²) in [4.78, 5) is 0. The smallest absolute Gasteiger partial charge is 0.142 e. The lowest BCUT2D eigenvalue weighted by Gasteiger charge is -2.21. The molecule has 0 heterocycles. The molecule has 1 aliphatic rings. The van der Waals surface area contributed by atoms with Gasteiger partial charge in [0.25, 0.3) is 0 Å². The van der Waals surface area contributed by atoms with Crippen molar-refractivity contribution in [1.82, 2.24) is 5.32 Å². The Hall–Kier alpha value is -0.670. The molecule has 0 amide bonds. The maximum Gasteiger partial charge on any atom is 0.142 e. The standard InChI is InChI=1S/C15H19BrFN/c1-2-10-18-15(11-6-3-4-7-11)12-8-5-9-13(16)14(12)17/h5-6,8-9,15,18H,2-4,7,10H2,1H3. The van der Waals surface area contributed by atoms with Crippen molar-refractivity contribution >= 4 is 15.9 Å². The Kier molecular flexibility index (Phi) is 4.95. The second-order valence-electron chi connectivity index (χ2n) is 4.70. The molecule has 1 atom stereocenters. The zero-order valence-corrected chi connectivity index (χ0v) is 12.3. The number of halogens is 2. The van der Waals surface area contributed by atoms with E-state index in [1.54, 1.807) is 6.07 Å². The molecule has 0 saturated heterocycles. The number of nitrogens with one attached hydrogen (secondary N) is 1. The van der Waals surface area contributed by atoms with Crippen LogP contribution in [0.1, 0.15) is 44.2 Å². The van der Waals surface area contributed by atoms with Crippen LogP contribution in [0.5, 0.6) is 0 Å². The largest absolute Gasteiger partial charge is 0.306 e. The Morgan fingerprint density at radius 3 is 2.94 bits per heavy atom. The van der Waals surface area contributed by atoms with Crippen molar-refractivity contribution in [2.75, 3.05) is 6.54 Å². The maximum absolute atomic E-state index is 14.2. The van der Waals surface area contributed by atoms with Gasteiger partial charge in [-0.25, -0.2) is 4.39 Å². The van der Waals surface area contributed by atoms with E-state index in [0.29, 0.717) is 4.47 Å². The van der Waals surface area contributed by atoms with Crippen LogP contribution in [0.25, 0.3) is 0 Å². The van der Waals surface area contributed by atoms with Gasteiger partial charge in [-0.2, -0.15) is 0 Å². The van der Waals surface area contributed by atoms with Crippen LogP contribution in [0.3, 0.4) is 0 Å². The molecule has 0 radical (unpaired) electrons. The van der Waals surface area contributed by atoms with E-state index in [2.05, 4.69) is 34.2 Å². The van der Waals surface area contributed by atoms with Gasteiger partial charge >= 0.3 is 0 Å². The van der Waals surface area contributed by atoms with Crippen molar-refractivity contribution in [2.24, 2.45) is 0 Å². The first-order valence-electron chi connectivity index (χ1n) is 6.60. The van der Waals surface area contributed by atoms with Crippen LogP contribution in [-0.4, -0.2) is 6.54 Å². The topological polar surface area (TPSA) is 12.0 Å². The van der Waals surface area contributed by atoms with Crippen molar-refractivity contribution < 1.29 is 4.39 Å². The van der Waals surface area contributed by atoms with E-state index in [9.17, 15) is 4.39 Å². The molecule has 1 aliphatic carbocycles. The molecule has 0 fully saturated rings. The highest BCUT2D eigenvalue weighted by atomic mass is 79.9. The first-order valence-corrected chi connectivity index (χ1v) is 7.39. The van der Waals surface area contributed by atoms with Crippen molar-refractivity contribution in [2.45, 2.75) is 38.6 Å². The summed E-state index contributed by atoms with van der Waals surface area (Å²) in [6.07, 6.45) is 6.70. The molecule has 0 spiro atoms. The van der Waals surface area contributed by atoms with Gasteiger partial charge in [0.1, 0.15) is 5.82 Å². The third-order valence-corrected chi connectivity index (χ3v) is 3.95. The van der Waals surface area contributed by atoms with Crippen LogP contribution in [0.15, 0.2) is 34.3 Å². The normalized spacial score (nSPS) is 16.7. The Labute approximate surface area is 117 Å². The van der Waals surface area contributed by atoms with Gasteiger partial charge in [0.05, 0.1) is 10.5 Å². The number of hydrogen-bond donors (Lipinski definition) is 1. The number of benzene rings is 1. The minimum absolute atomic E-state index is 0.0324.